The van der Waals surface area contributed by atoms with Gasteiger partial charge in [-0.05, 0) is 39.0 Å². The number of nitrogens with one attached hydrogen (secondary N) is 1. The monoisotopic (exact) mass is 334 g/mol. The summed E-state index contributed by atoms with van der Waals surface area (Å²) in [7, 11) is 0. The van der Waals surface area contributed by atoms with Crippen molar-refractivity contribution in [2.45, 2.75) is 33.0 Å². The van der Waals surface area contributed by atoms with Crippen molar-refractivity contribution in [1.82, 2.24) is 4.98 Å². The summed E-state index contributed by atoms with van der Waals surface area (Å²) in [5, 5.41) is 3.83. The van der Waals surface area contributed by atoms with Crippen molar-refractivity contribution in [3.63, 3.8) is 0 Å². The number of aromatic nitrogens is 1. The van der Waals surface area contributed by atoms with Crippen molar-refractivity contribution < 1.29 is 13.2 Å². The molecule has 2 nitrogen and oxygen atoms in total. The van der Waals surface area contributed by atoms with E-state index < -0.39 is 11.7 Å². The maximum Gasteiger partial charge on any atom is 0.418 e. The Kier molecular flexibility index (Phi) is 4.49. The molecule has 1 aromatic carbocycles. The topological polar surface area (TPSA) is 24.9 Å². The molecule has 0 amide bonds. The summed E-state index contributed by atoms with van der Waals surface area (Å²) in [4.78, 5) is 5.36. The number of benzene rings is 1. The molecule has 0 aliphatic carbocycles. The van der Waals surface area contributed by atoms with Gasteiger partial charge in [-0.3, -0.25) is 0 Å². The number of rotatable bonds is 3. The Hall–Kier alpha value is -1.27. The molecule has 1 N–H and O–H groups in total. The van der Waals surface area contributed by atoms with E-state index in [1.165, 1.54) is 23.5 Å². The molecule has 1 atom stereocenters. The Morgan fingerprint density at radius 1 is 1.29 bits per heavy atom. The summed E-state index contributed by atoms with van der Waals surface area (Å²) in [5.41, 5.74) is -0.00326. The van der Waals surface area contributed by atoms with Crippen molar-refractivity contribution in [3.8, 4) is 0 Å². The highest BCUT2D eigenvalue weighted by Crippen LogP contribution is 2.38. The van der Waals surface area contributed by atoms with Crippen LogP contribution in [0.5, 0.6) is 0 Å². The maximum absolute atomic E-state index is 13.1. The fourth-order valence-corrected chi connectivity index (χ4v) is 3.21. The first-order valence-electron chi connectivity index (χ1n) is 6.25. The number of anilines is 1. The Labute approximate surface area is 130 Å². The lowest BCUT2D eigenvalue weighted by Crippen LogP contribution is -2.14. The predicted molar refractivity (Wildman–Crippen MR) is 80.1 cm³/mol. The van der Waals surface area contributed by atoms with Gasteiger partial charge in [-0.2, -0.15) is 13.2 Å². The van der Waals surface area contributed by atoms with Gasteiger partial charge in [0.05, 0.1) is 22.3 Å². The summed E-state index contributed by atoms with van der Waals surface area (Å²) < 4.78 is 39.2. The van der Waals surface area contributed by atoms with Crippen LogP contribution in [0.3, 0.4) is 0 Å². The van der Waals surface area contributed by atoms with Gasteiger partial charge >= 0.3 is 6.18 Å². The molecule has 0 saturated carbocycles. The fraction of sp³-hybridized carbons (Fsp3) is 0.357. The van der Waals surface area contributed by atoms with Gasteiger partial charge in [0.2, 0.25) is 0 Å². The molecular weight excluding hydrogens is 321 g/mol. The summed E-state index contributed by atoms with van der Waals surface area (Å²) >= 11 is 7.19. The molecule has 0 spiro atoms. The Morgan fingerprint density at radius 2 is 1.95 bits per heavy atom. The number of halogens is 4. The zero-order valence-corrected chi connectivity index (χ0v) is 13.2. The van der Waals surface area contributed by atoms with Crippen molar-refractivity contribution >= 4 is 28.6 Å². The van der Waals surface area contributed by atoms with Crippen molar-refractivity contribution in [2.75, 3.05) is 5.32 Å². The van der Waals surface area contributed by atoms with Gasteiger partial charge in [0.1, 0.15) is 0 Å². The molecule has 114 valence electrons. The lowest BCUT2D eigenvalue weighted by Gasteiger charge is -2.19. The fourth-order valence-electron chi connectivity index (χ4n) is 2.13. The smallest absolute Gasteiger partial charge is 0.376 e. The number of hydrogen-bond donors (Lipinski definition) is 1. The van der Waals surface area contributed by atoms with Gasteiger partial charge in [-0.15, -0.1) is 11.3 Å². The van der Waals surface area contributed by atoms with E-state index in [2.05, 4.69) is 10.3 Å². The molecule has 0 aliphatic heterocycles. The lowest BCUT2D eigenvalue weighted by atomic mass is 10.1. The number of nitrogens with zero attached hydrogens (tertiary/aromatic N) is 1. The summed E-state index contributed by atoms with van der Waals surface area (Å²) in [6, 6.07) is 3.38. The third-order valence-electron chi connectivity index (χ3n) is 3.01. The van der Waals surface area contributed by atoms with E-state index in [4.69, 9.17) is 11.6 Å². The van der Waals surface area contributed by atoms with Crippen LogP contribution >= 0.6 is 22.9 Å². The van der Waals surface area contributed by atoms with E-state index in [0.717, 1.165) is 21.6 Å². The molecule has 2 rings (SSSR count). The van der Waals surface area contributed by atoms with E-state index >= 15 is 0 Å². The molecule has 1 unspecified atom stereocenters. The highest BCUT2D eigenvalue weighted by atomic mass is 35.5. The second kappa shape index (κ2) is 5.85. The number of thiazole rings is 1. The van der Waals surface area contributed by atoms with E-state index in [-0.39, 0.29) is 16.8 Å². The highest BCUT2D eigenvalue weighted by molar-refractivity contribution is 7.11. The van der Waals surface area contributed by atoms with Gasteiger partial charge in [0.25, 0.3) is 0 Å². The SMILES string of the molecule is Cc1nc(C(C)Nc2ccc(Cl)cc2C(F)(F)F)c(C)s1. The van der Waals surface area contributed by atoms with Crippen LogP contribution in [0.4, 0.5) is 18.9 Å². The van der Waals surface area contributed by atoms with Crippen LogP contribution in [0, 0.1) is 13.8 Å². The largest absolute Gasteiger partial charge is 0.418 e. The van der Waals surface area contributed by atoms with Gasteiger partial charge in [-0.25, -0.2) is 4.98 Å². The quantitative estimate of drug-likeness (QED) is 0.789. The second-order valence-corrected chi connectivity index (χ2v) is 6.57. The number of hydrogen-bond acceptors (Lipinski definition) is 3. The van der Waals surface area contributed by atoms with Crippen LogP contribution in [0.1, 0.15) is 34.1 Å². The Bertz CT molecular complexity index is 652. The van der Waals surface area contributed by atoms with Gasteiger partial charge in [0.15, 0.2) is 0 Å². The first-order chi connectivity index (χ1) is 9.68. The first kappa shape index (κ1) is 16.1. The van der Waals surface area contributed by atoms with Crippen molar-refractivity contribution in [3.05, 3.63) is 44.4 Å². The molecule has 0 fully saturated rings. The van der Waals surface area contributed by atoms with Crippen LogP contribution in [0.25, 0.3) is 0 Å². The minimum Gasteiger partial charge on any atom is -0.376 e. The van der Waals surface area contributed by atoms with Gasteiger partial charge < -0.3 is 5.32 Å². The van der Waals surface area contributed by atoms with Gasteiger partial charge in [-0.1, -0.05) is 11.6 Å². The third kappa shape index (κ3) is 3.68. The number of aryl methyl sites for hydroxylation is 2. The van der Waals surface area contributed by atoms with Crippen molar-refractivity contribution in [1.29, 1.82) is 0 Å². The molecule has 0 radical (unpaired) electrons. The summed E-state index contributed by atoms with van der Waals surface area (Å²) in [6.07, 6.45) is -4.46. The lowest BCUT2D eigenvalue weighted by molar-refractivity contribution is -0.137. The molecular formula is C14H14ClF3N2S. The summed E-state index contributed by atoms with van der Waals surface area (Å²) in [5.74, 6) is 0. The maximum atomic E-state index is 13.1. The highest BCUT2D eigenvalue weighted by Gasteiger charge is 2.34. The average molecular weight is 335 g/mol. The molecule has 7 heteroatoms. The standard InChI is InChI=1S/C14H14ClF3N2S/c1-7(13-8(2)21-9(3)20-13)19-12-5-4-10(15)6-11(12)14(16,17)18/h4-7,19H,1-3H3. The van der Waals surface area contributed by atoms with Crippen LogP contribution in [0.2, 0.25) is 5.02 Å². The normalized spacial score (nSPS) is 13.3. The molecule has 1 heterocycles. The van der Waals surface area contributed by atoms with Crippen LogP contribution in [0.15, 0.2) is 18.2 Å². The second-order valence-electron chi connectivity index (χ2n) is 4.73. The molecule has 0 saturated heterocycles. The van der Waals surface area contributed by atoms with E-state index in [0.29, 0.717) is 0 Å². The first-order valence-corrected chi connectivity index (χ1v) is 7.45. The molecule has 0 bridgehead atoms. The molecule has 2 aromatic rings. The Morgan fingerprint density at radius 3 is 2.48 bits per heavy atom. The average Bonchev–Trinajstić information content (AvgIpc) is 2.69. The minimum atomic E-state index is -4.46. The molecule has 1 aromatic heterocycles. The number of alkyl halides is 3. The van der Waals surface area contributed by atoms with Crippen LogP contribution < -0.4 is 5.32 Å². The zero-order valence-electron chi connectivity index (χ0n) is 11.7. The summed E-state index contributed by atoms with van der Waals surface area (Å²) in [6.45, 7) is 5.57. The van der Waals surface area contributed by atoms with Crippen LogP contribution in [-0.4, -0.2) is 4.98 Å². The molecule has 0 aliphatic rings. The minimum absolute atomic E-state index is 0.00412. The third-order valence-corrected chi connectivity index (χ3v) is 4.15. The Balaban J connectivity index is 2.33. The van der Waals surface area contributed by atoms with Crippen molar-refractivity contribution in [2.24, 2.45) is 0 Å². The van der Waals surface area contributed by atoms with Crippen LogP contribution in [-0.2, 0) is 6.18 Å². The zero-order chi connectivity index (χ0) is 15.8. The predicted octanol–water partition coefficient (Wildman–Crippen LogP) is 5.61. The van der Waals surface area contributed by atoms with E-state index in [9.17, 15) is 13.2 Å². The van der Waals surface area contributed by atoms with Gasteiger partial charge in [0, 0.05) is 15.6 Å². The van der Waals surface area contributed by atoms with E-state index in [1.807, 2.05) is 13.8 Å². The van der Waals surface area contributed by atoms with E-state index in [1.54, 1.807) is 6.92 Å². The molecule has 21 heavy (non-hydrogen) atoms.